The van der Waals surface area contributed by atoms with Crippen molar-refractivity contribution in [3.8, 4) is 11.5 Å². The minimum absolute atomic E-state index is 0.168. The molecular formula is C15H22N2O2. The SMILES string of the molecule is C=C[C@@H](c1ccc(O)c(OCC)c1)N1CCNCC1. The van der Waals surface area contributed by atoms with E-state index in [0.717, 1.165) is 31.7 Å². The van der Waals surface area contributed by atoms with Gasteiger partial charge >= 0.3 is 0 Å². The molecule has 1 aliphatic rings. The molecule has 2 rings (SSSR count). The van der Waals surface area contributed by atoms with Crippen LogP contribution in [0.4, 0.5) is 0 Å². The number of rotatable bonds is 5. The van der Waals surface area contributed by atoms with Crippen molar-refractivity contribution in [2.45, 2.75) is 13.0 Å². The molecule has 1 aliphatic heterocycles. The summed E-state index contributed by atoms with van der Waals surface area (Å²) in [7, 11) is 0. The third kappa shape index (κ3) is 3.28. The second-order valence-corrected chi connectivity index (χ2v) is 4.63. The molecule has 0 saturated carbocycles. The molecule has 1 saturated heterocycles. The maximum absolute atomic E-state index is 9.76. The van der Waals surface area contributed by atoms with Gasteiger partial charge in [-0.1, -0.05) is 12.1 Å². The summed E-state index contributed by atoms with van der Waals surface area (Å²) < 4.78 is 5.44. The minimum Gasteiger partial charge on any atom is -0.504 e. The van der Waals surface area contributed by atoms with Crippen LogP contribution in [0.3, 0.4) is 0 Å². The van der Waals surface area contributed by atoms with Crippen molar-refractivity contribution in [3.05, 3.63) is 36.4 Å². The number of phenols is 1. The van der Waals surface area contributed by atoms with Gasteiger partial charge in [0.2, 0.25) is 0 Å². The van der Waals surface area contributed by atoms with E-state index >= 15 is 0 Å². The van der Waals surface area contributed by atoms with Gasteiger partial charge in [-0.25, -0.2) is 0 Å². The Kier molecular flexibility index (Phi) is 4.82. The fraction of sp³-hybridized carbons (Fsp3) is 0.467. The maximum atomic E-state index is 9.76. The van der Waals surface area contributed by atoms with Gasteiger partial charge in [0.05, 0.1) is 12.6 Å². The van der Waals surface area contributed by atoms with Crippen LogP contribution in [0.5, 0.6) is 11.5 Å². The average molecular weight is 262 g/mol. The van der Waals surface area contributed by atoms with E-state index in [2.05, 4.69) is 16.8 Å². The molecule has 0 unspecified atom stereocenters. The van der Waals surface area contributed by atoms with Crippen LogP contribution in [-0.4, -0.2) is 42.8 Å². The van der Waals surface area contributed by atoms with Crippen molar-refractivity contribution in [3.63, 3.8) is 0 Å². The van der Waals surface area contributed by atoms with E-state index in [-0.39, 0.29) is 11.8 Å². The summed E-state index contributed by atoms with van der Waals surface area (Å²) in [5.74, 6) is 0.732. The van der Waals surface area contributed by atoms with Gasteiger partial charge in [0.1, 0.15) is 0 Å². The summed E-state index contributed by atoms with van der Waals surface area (Å²) in [4.78, 5) is 2.38. The van der Waals surface area contributed by atoms with Crippen LogP contribution >= 0.6 is 0 Å². The van der Waals surface area contributed by atoms with Crippen molar-refractivity contribution in [2.24, 2.45) is 0 Å². The molecule has 0 radical (unpaired) electrons. The predicted octanol–water partition coefficient (Wildman–Crippen LogP) is 1.92. The van der Waals surface area contributed by atoms with Gasteiger partial charge in [-0.05, 0) is 24.6 Å². The molecule has 0 aliphatic carbocycles. The first-order valence-corrected chi connectivity index (χ1v) is 6.79. The van der Waals surface area contributed by atoms with Crippen LogP contribution in [0.2, 0.25) is 0 Å². The van der Waals surface area contributed by atoms with Crippen molar-refractivity contribution >= 4 is 0 Å². The van der Waals surface area contributed by atoms with E-state index in [9.17, 15) is 5.11 Å². The highest BCUT2D eigenvalue weighted by Crippen LogP contribution is 2.31. The van der Waals surface area contributed by atoms with Crippen molar-refractivity contribution in [2.75, 3.05) is 32.8 Å². The lowest BCUT2D eigenvalue weighted by molar-refractivity contribution is 0.203. The van der Waals surface area contributed by atoms with Crippen LogP contribution in [0, 0.1) is 0 Å². The molecular weight excluding hydrogens is 240 g/mol. The summed E-state index contributed by atoms with van der Waals surface area (Å²) in [6.45, 7) is 10.4. The summed E-state index contributed by atoms with van der Waals surface area (Å²) in [6.07, 6.45) is 1.95. The Hall–Kier alpha value is -1.52. The zero-order valence-corrected chi connectivity index (χ0v) is 11.4. The molecule has 0 aromatic heterocycles. The van der Waals surface area contributed by atoms with E-state index in [1.54, 1.807) is 6.07 Å². The van der Waals surface area contributed by atoms with Crippen LogP contribution in [0.25, 0.3) is 0 Å². The Bertz CT molecular complexity index is 428. The number of nitrogens with zero attached hydrogens (tertiary/aromatic N) is 1. The second-order valence-electron chi connectivity index (χ2n) is 4.63. The Morgan fingerprint density at radius 1 is 1.47 bits per heavy atom. The van der Waals surface area contributed by atoms with Gasteiger partial charge in [0.15, 0.2) is 11.5 Å². The molecule has 1 fully saturated rings. The van der Waals surface area contributed by atoms with E-state index in [1.165, 1.54) is 0 Å². The number of benzene rings is 1. The first-order chi connectivity index (χ1) is 9.26. The van der Waals surface area contributed by atoms with Gasteiger partial charge in [-0.2, -0.15) is 0 Å². The molecule has 2 N–H and O–H groups in total. The number of ether oxygens (including phenoxy) is 1. The number of nitrogens with one attached hydrogen (secondary N) is 1. The summed E-state index contributed by atoms with van der Waals surface area (Å²) in [5.41, 5.74) is 1.11. The smallest absolute Gasteiger partial charge is 0.161 e. The highest BCUT2D eigenvalue weighted by Gasteiger charge is 2.20. The van der Waals surface area contributed by atoms with Crippen molar-refractivity contribution in [1.29, 1.82) is 0 Å². The van der Waals surface area contributed by atoms with Crippen molar-refractivity contribution < 1.29 is 9.84 Å². The number of phenolic OH excluding ortho intramolecular Hbond substituents is 1. The van der Waals surface area contributed by atoms with E-state index in [4.69, 9.17) is 4.74 Å². The molecule has 4 heteroatoms. The van der Waals surface area contributed by atoms with E-state index < -0.39 is 0 Å². The summed E-state index contributed by atoms with van der Waals surface area (Å²) >= 11 is 0. The molecule has 0 bridgehead atoms. The lowest BCUT2D eigenvalue weighted by Crippen LogP contribution is -2.44. The van der Waals surface area contributed by atoms with Gasteiger partial charge in [0.25, 0.3) is 0 Å². The average Bonchev–Trinajstić information content (AvgIpc) is 2.44. The lowest BCUT2D eigenvalue weighted by Gasteiger charge is -2.33. The lowest BCUT2D eigenvalue weighted by atomic mass is 10.0. The van der Waals surface area contributed by atoms with Gasteiger partial charge in [-0.3, -0.25) is 4.90 Å². The molecule has 19 heavy (non-hydrogen) atoms. The number of aromatic hydroxyl groups is 1. The van der Waals surface area contributed by atoms with Crippen LogP contribution in [0.1, 0.15) is 18.5 Å². The Morgan fingerprint density at radius 2 is 2.21 bits per heavy atom. The number of piperazine rings is 1. The second kappa shape index (κ2) is 6.59. The molecule has 1 aromatic rings. The molecule has 0 amide bonds. The van der Waals surface area contributed by atoms with Crippen LogP contribution < -0.4 is 10.1 Å². The summed E-state index contributed by atoms with van der Waals surface area (Å²) in [5, 5.41) is 13.1. The normalized spacial score (nSPS) is 17.9. The van der Waals surface area contributed by atoms with E-state index in [1.807, 2.05) is 25.1 Å². The van der Waals surface area contributed by atoms with Crippen LogP contribution in [0.15, 0.2) is 30.9 Å². The molecule has 104 valence electrons. The Balaban J connectivity index is 2.22. The monoisotopic (exact) mass is 262 g/mol. The third-order valence-electron chi connectivity index (χ3n) is 3.39. The molecule has 4 nitrogen and oxygen atoms in total. The topological polar surface area (TPSA) is 44.7 Å². The van der Waals surface area contributed by atoms with E-state index in [0.29, 0.717) is 12.4 Å². The van der Waals surface area contributed by atoms with Gasteiger partial charge < -0.3 is 15.2 Å². The summed E-state index contributed by atoms with van der Waals surface area (Å²) in [6, 6.07) is 5.71. The molecule has 0 spiro atoms. The molecule has 1 atom stereocenters. The number of hydrogen-bond donors (Lipinski definition) is 2. The Labute approximate surface area is 114 Å². The predicted molar refractivity (Wildman–Crippen MR) is 76.7 cm³/mol. The Morgan fingerprint density at radius 3 is 2.84 bits per heavy atom. The highest BCUT2D eigenvalue weighted by atomic mass is 16.5. The maximum Gasteiger partial charge on any atom is 0.161 e. The zero-order valence-electron chi connectivity index (χ0n) is 11.4. The minimum atomic E-state index is 0.168. The molecule has 1 heterocycles. The molecule has 1 aromatic carbocycles. The quantitative estimate of drug-likeness (QED) is 0.796. The van der Waals surface area contributed by atoms with Gasteiger partial charge in [-0.15, -0.1) is 6.58 Å². The van der Waals surface area contributed by atoms with Crippen molar-refractivity contribution in [1.82, 2.24) is 10.2 Å². The fourth-order valence-electron chi connectivity index (χ4n) is 2.44. The number of hydrogen-bond acceptors (Lipinski definition) is 4. The van der Waals surface area contributed by atoms with Gasteiger partial charge in [0, 0.05) is 26.2 Å². The first kappa shape index (κ1) is 13.9. The van der Waals surface area contributed by atoms with Crippen LogP contribution in [-0.2, 0) is 0 Å². The first-order valence-electron chi connectivity index (χ1n) is 6.79. The third-order valence-corrected chi connectivity index (χ3v) is 3.39. The highest BCUT2D eigenvalue weighted by molar-refractivity contribution is 5.43. The largest absolute Gasteiger partial charge is 0.504 e. The zero-order chi connectivity index (χ0) is 13.7. The standard InChI is InChI=1S/C15H22N2O2/c1-3-13(17-9-7-16-8-10-17)12-5-6-14(18)15(11-12)19-4-2/h3,5-6,11,13,16,18H,1,4,7-10H2,2H3/t13-/m0/s1. The fourth-order valence-corrected chi connectivity index (χ4v) is 2.44.